The molecule has 2 saturated heterocycles. The van der Waals surface area contributed by atoms with Crippen molar-refractivity contribution in [3.63, 3.8) is 0 Å². The second-order valence-electron chi connectivity index (χ2n) is 10.2. The van der Waals surface area contributed by atoms with E-state index in [1.807, 2.05) is 24.3 Å². The Bertz CT molecular complexity index is 1630. The zero-order valence-corrected chi connectivity index (χ0v) is 24.4. The summed E-state index contributed by atoms with van der Waals surface area (Å²) in [7, 11) is 1.50. The maximum Gasteiger partial charge on any atom is 0.433 e. The zero-order chi connectivity index (χ0) is 31.6. The van der Waals surface area contributed by atoms with Crippen LogP contribution in [0.4, 0.5) is 18.9 Å². The normalized spacial score (nSPS) is 16.0. The molecular formula is C31H33F3N6O4. The average Bonchev–Trinajstić information content (AvgIpc) is 3.81. The average molecular weight is 611 g/mol. The molecule has 2 aliphatic heterocycles. The van der Waals surface area contributed by atoms with E-state index in [0.717, 1.165) is 17.4 Å². The van der Waals surface area contributed by atoms with Crippen molar-refractivity contribution in [2.24, 2.45) is 0 Å². The Kier molecular flexibility index (Phi) is 8.90. The summed E-state index contributed by atoms with van der Waals surface area (Å²) in [5.74, 6) is 0.106. The summed E-state index contributed by atoms with van der Waals surface area (Å²) >= 11 is 0. The SMILES string of the molecule is C=C.COc1ccc(-c2nc3c(C(=O)N4CCN([C@H](CO)c5cccc(N6CO6)c5)CC4)cnn3c(C(F)(F)F)c2C)cc1. The molecule has 6 rings (SSSR count). The van der Waals surface area contributed by atoms with E-state index in [1.165, 1.54) is 14.0 Å². The number of benzene rings is 2. The molecule has 1 N–H and O–H groups in total. The van der Waals surface area contributed by atoms with E-state index in [2.05, 4.69) is 28.1 Å². The fourth-order valence-electron chi connectivity index (χ4n) is 5.49. The maximum atomic E-state index is 14.3. The van der Waals surface area contributed by atoms with Crippen LogP contribution in [0, 0.1) is 6.92 Å². The monoisotopic (exact) mass is 610 g/mol. The molecule has 13 heteroatoms. The number of piperazine rings is 1. The van der Waals surface area contributed by atoms with E-state index in [1.54, 1.807) is 34.2 Å². The fraction of sp³-hybridized carbons (Fsp3) is 0.323. The third-order valence-corrected chi connectivity index (χ3v) is 7.76. The van der Waals surface area contributed by atoms with Crippen molar-refractivity contribution in [2.45, 2.75) is 19.1 Å². The molecule has 232 valence electrons. The van der Waals surface area contributed by atoms with Crippen molar-refractivity contribution >= 4 is 17.2 Å². The second-order valence-corrected chi connectivity index (χ2v) is 10.2. The first kappa shape index (κ1) is 31.0. The van der Waals surface area contributed by atoms with Crippen LogP contribution in [0.2, 0.25) is 0 Å². The highest BCUT2D eigenvalue weighted by Crippen LogP contribution is 2.37. The van der Waals surface area contributed by atoms with Gasteiger partial charge < -0.3 is 14.7 Å². The molecule has 2 aliphatic rings. The minimum absolute atomic E-state index is 0.00592. The predicted molar refractivity (Wildman–Crippen MR) is 158 cm³/mol. The first-order chi connectivity index (χ1) is 21.2. The van der Waals surface area contributed by atoms with E-state index in [9.17, 15) is 23.1 Å². The standard InChI is InChI=1S/C29H29F3N6O4.C2H4/c1-18-25(19-6-8-22(41-2)9-7-19)34-27-23(15-33-38(27)26(18)29(30,31)32)28(40)36-12-10-35(11-13-36)24(16-39)20-4-3-5-21(14-20)37-17-42-37;1-2/h3-9,14-15,24,39H,10-13,16-17H2,1-2H3;1-2H2/t24-,37?;/m1./s1. The summed E-state index contributed by atoms with van der Waals surface area (Å²) in [5.41, 5.74) is 1.16. The van der Waals surface area contributed by atoms with Gasteiger partial charge in [0.1, 0.15) is 11.3 Å². The number of methoxy groups -OCH3 is 1. The Balaban J connectivity index is 0.00000188. The highest BCUT2D eigenvalue weighted by atomic mass is 19.4. The van der Waals surface area contributed by atoms with Crippen molar-refractivity contribution in [1.82, 2.24) is 24.4 Å². The van der Waals surface area contributed by atoms with Gasteiger partial charge in [-0.15, -0.1) is 13.2 Å². The van der Waals surface area contributed by atoms with Crippen molar-refractivity contribution in [3.05, 3.63) is 90.3 Å². The molecule has 10 nitrogen and oxygen atoms in total. The number of ether oxygens (including phenoxy) is 1. The molecule has 0 spiro atoms. The zero-order valence-electron chi connectivity index (χ0n) is 24.4. The van der Waals surface area contributed by atoms with Crippen molar-refractivity contribution in [1.29, 1.82) is 0 Å². The first-order valence-electron chi connectivity index (χ1n) is 13.9. The number of halogens is 3. The molecule has 2 aromatic heterocycles. The highest BCUT2D eigenvalue weighted by Gasteiger charge is 2.39. The van der Waals surface area contributed by atoms with Gasteiger partial charge in [-0.2, -0.15) is 18.3 Å². The lowest BCUT2D eigenvalue weighted by Gasteiger charge is -2.38. The summed E-state index contributed by atoms with van der Waals surface area (Å²) in [5, 5.41) is 15.9. The van der Waals surface area contributed by atoms with E-state index < -0.39 is 17.8 Å². The van der Waals surface area contributed by atoms with Gasteiger partial charge in [0.25, 0.3) is 5.91 Å². The lowest BCUT2D eigenvalue weighted by atomic mass is 10.0. The lowest BCUT2D eigenvalue weighted by molar-refractivity contribution is -0.143. The smallest absolute Gasteiger partial charge is 0.433 e. The van der Waals surface area contributed by atoms with Crippen LogP contribution in [-0.4, -0.2) is 82.0 Å². The van der Waals surface area contributed by atoms with Crippen LogP contribution in [0.5, 0.6) is 5.75 Å². The van der Waals surface area contributed by atoms with Gasteiger partial charge in [-0.05, 0) is 48.9 Å². The van der Waals surface area contributed by atoms with Gasteiger partial charge in [0.2, 0.25) is 0 Å². The van der Waals surface area contributed by atoms with Gasteiger partial charge in [-0.1, -0.05) is 12.1 Å². The molecule has 1 amide bonds. The van der Waals surface area contributed by atoms with Crippen molar-refractivity contribution < 1.29 is 32.6 Å². The molecule has 0 saturated carbocycles. The summed E-state index contributed by atoms with van der Waals surface area (Å²) < 4.78 is 48.7. The summed E-state index contributed by atoms with van der Waals surface area (Å²) in [6.07, 6.45) is -3.58. The van der Waals surface area contributed by atoms with Crippen molar-refractivity contribution in [3.8, 4) is 17.0 Å². The number of carbonyl (C=O) groups is 1. The molecule has 44 heavy (non-hydrogen) atoms. The molecule has 2 fully saturated rings. The first-order valence-corrected chi connectivity index (χ1v) is 13.9. The number of aliphatic hydroxyl groups is 1. The number of amides is 1. The number of fused-ring (bicyclic) bond motifs is 1. The topological polar surface area (TPSA) is 98.7 Å². The lowest BCUT2D eigenvalue weighted by Crippen LogP contribution is -2.50. The van der Waals surface area contributed by atoms with Gasteiger partial charge in [0, 0.05) is 37.3 Å². The van der Waals surface area contributed by atoms with Gasteiger partial charge in [0.05, 0.1) is 37.3 Å². The van der Waals surface area contributed by atoms with Crippen LogP contribution in [0.15, 0.2) is 67.9 Å². The number of hydrogen-bond acceptors (Lipinski definition) is 8. The number of anilines is 1. The molecule has 1 atom stereocenters. The molecule has 0 bridgehead atoms. The Morgan fingerprint density at radius 2 is 1.80 bits per heavy atom. The van der Waals surface area contributed by atoms with Gasteiger partial charge in [-0.25, -0.2) is 19.4 Å². The Labute approximate surface area is 252 Å². The summed E-state index contributed by atoms with van der Waals surface area (Å²) in [4.78, 5) is 27.1. The maximum absolute atomic E-state index is 14.3. The van der Waals surface area contributed by atoms with Crippen molar-refractivity contribution in [2.75, 3.05) is 51.7 Å². The summed E-state index contributed by atoms with van der Waals surface area (Å²) in [6, 6.07) is 14.0. The predicted octanol–water partition coefficient (Wildman–Crippen LogP) is 4.73. The van der Waals surface area contributed by atoms with E-state index in [4.69, 9.17) is 9.57 Å². The molecular weight excluding hydrogens is 577 g/mol. The largest absolute Gasteiger partial charge is 0.497 e. The minimum Gasteiger partial charge on any atom is -0.497 e. The number of carbonyl (C=O) groups excluding carboxylic acids is 1. The van der Waals surface area contributed by atoms with Crippen LogP contribution in [0.1, 0.15) is 33.2 Å². The number of alkyl halides is 3. The molecule has 0 radical (unpaired) electrons. The Hall–Kier alpha value is -4.46. The molecule has 4 heterocycles. The Morgan fingerprint density at radius 1 is 1.11 bits per heavy atom. The van der Waals surface area contributed by atoms with Crippen LogP contribution in [-0.2, 0) is 11.0 Å². The number of nitrogens with zero attached hydrogens (tertiary/aromatic N) is 6. The van der Waals surface area contributed by atoms with E-state index >= 15 is 0 Å². The van der Waals surface area contributed by atoms with Gasteiger partial charge in [-0.3, -0.25) is 9.69 Å². The Morgan fingerprint density at radius 3 is 2.39 bits per heavy atom. The van der Waals surface area contributed by atoms with Crippen LogP contribution in [0.25, 0.3) is 16.9 Å². The molecule has 0 unspecified atom stereocenters. The fourth-order valence-corrected chi connectivity index (χ4v) is 5.49. The van der Waals surface area contributed by atoms with Crippen LogP contribution < -0.4 is 9.80 Å². The van der Waals surface area contributed by atoms with E-state index in [-0.39, 0.29) is 35.1 Å². The van der Waals surface area contributed by atoms with Gasteiger partial charge >= 0.3 is 6.18 Å². The number of aromatic nitrogens is 3. The third-order valence-electron chi connectivity index (χ3n) is 7.76. The molecule has 0 aliphatic carbocycles. The molecule has 2 aromatic carbocycles. The van der Waals surface area contributed by atoms with E-state index in [0.29, 0.717) is 48.7 Å². The van der Waals surface area contributed by atoms with Crippen LogP contribution >= 0.6 is 0 Å². The minimum atomic E-state index is -4.73. The number of hydrogen-bond donors (Lipinski definition) is 1. The highest BCUT2D eigenvalue weighted by molar-refractivity contribution is 6.00. The second kappa shape index (κ2) is 12.6. The number of rotatable bonds is 7. The number of aliphatic hydroxyl groups excluding tert-OH is 1. The molecule has 4 aromatic rings. The third kappa shape index (κ3) is 5.98. The van der Waals surface area contributed by atoms with Gasteiger partial charge in [0.15, 0.2) is 18.1 Å². The quantitative estimate of drug-likeness (QED) is 0.237. The summed E-state index contributed by atoms with van der Waals surface area (Å²) in [6.45, 7) is 9.35. The number of hydroxylamine groups is 1. The van der Waals surface area contributed by atoms with Crippen LogP contribution in [0.3, 0.4) is 0 Å².